The fourth-order valence-corrected chi connectivity index (χ4v) is 6.19. The van der Waals surface area contributed by atoms with E-state index in [9.17, 15) is 18.4 Å². The van der Waals surface area contributed by atoms with Crippen LogP contribution in [0.1, 0.15) is 51.6 Å². The van der Waals surface area contributed by atoms with E-state index in [1.165, 1.54) is 24.8 Å². The van der Waals surface area contributed by atoms with Crippen LogP contribution in [0.4, 0.5) is 31.5 Å². The highest BCUT2D eigenvalue weighted by Crippen LogP contribution is 2.39. The van der Waals surface area contributed by atoms with Gasteiger partial charge in [-0.15, -0.1) is 0 Å². The number of halogens is 2. The van der Waals surface area contributed by atoms with E-state index in [4.69, 9.17) is 23.7 Å². The van der Waals surface area contributed by atoms with Gasteiger partial charge in [0.15, 0.2) is 23.0 Å². The summed E-state index contributed by atoms with van der Waals surface area (Å²) >= 11 is 0. The standard InChI is InChI=1S/C44H40F2N6O7/c1-3-56-38-15-13-36(18-40(38)55-2)51(24-30-20-47-27-48-21-30)34-11-9-32(10-12-34)42(53)59-43(54)33-5-4-6-35(17-33)52(25-31-22-49-28-50-23-31)37-14-16-39(58-44(45)46)41(19-37)57-26-29-7-8-29/h4-6,9-23,27-29,44H,3,7-8,24-26H2,1-2H3. The zero-order chi connectivity index (χ0) is 41.1. The Morgan fingerprint density at radius 3 is 1.81 bits per heavy atom. The van der Waals surface area contributed by atoms with E-state index in [1.54, 1.807) is 86.5 Å². The summed E-state index contributed by atoms with van der Waals surface area (Å²) in [5.74, 6) is -0.129. The number of esters is 2. The van der Waals surface area contributed by atoms with Crippen molar-refractivity contribution >= 4 is 34.7 Å². The molecule has 2 aromatic heterocycles. The van der Waals surface area contributed by atoms with Crippen LogP contribution in [-0.4, -0.2) is 58.8 Å². The summed E-state index contributed by atoms with van der Waals surface area (Å²) in [7, 11) is 1.57. The molecule has 1 aliphatic rings. The Hall–Kier alpha value is -7.16. The van der Waals surface area contributed by atoms with Gasteiger partial charge < -0.3 is 33.5 Å². The summed E-state index contributed by atoms with van der Waals surface area (Å²) in [6.07, 6.45) is 11.6. The lowest BCUT2D eigenvalue weighted by atomic mass is 10.1. The van der Waals surface area contributed by atoms with Crippen molar-refractivity contribution in [3.05, 3.63) is 145 Å². The molecule has 59 heavy (non-hydrogen) atoms. The van der Waals surface area contributed by atoms with Crippen molar-refractivity contribution < 1.29 is 42.1 Å². The third kappa shape index (κ3) is 10.4. The zero-order valence-corrected chi connectivity index (χ0v) is 32.2. The number of hydrogen-bond donors (Lipinski definition) is 0. The highest BCUT2D eigenvalue weighted by Gasteiger charge is 2.25. The first-order valence-corrected chi connectivity index (χ1v) is 18.8. The summed E-state index contributed by atoms with van der Waals surface area (Å²) < 4.78 is 54.0. The number of methoxy groups -OCH3 is 1. The summed E-state index contributed by atoms with van der Waals surface area (Å²) in [5, 5.41) is 0. The van der Waals surface area contributed by atoms with Crippen LogP contribution in [0.15, 0.2) is 122 Å². The Bertz CT molecular complexity index is 2350. The Morgan fingerprint density at radius 2 is 1.22 bits per heavy atom. The molecule has 1 saturated carbocycles. The number of hydrogen-bond acceptors (Lipinski definition) is 13. The van der Waals surface area contributed by atoms with Crippen molar-refractivity contribution in [3.63, 3.8) is 0 Å². The fraction of sp³-hybridized carbons (Fsp3) is 0.227. The van der Waals surface area contributed by atoms with Crippen molar-refractivity contribution in [1.29, 1.82) is 0 Å². The van der Waals surface area contributed by atoms with E-state index < -0.39 is 18.6 Å². The van der Waals surface area contributed by atoms with E-state index in [-0.39, 0.29) is 29.2 Å². The SMILES string of the molecule is CCOc1ccc(N(Cc2cncnc2)c2ccc(C(=O)OC(=O)c3cccc(N(Cc4cncnc4)c4ccc(OC(F)F)c(OCC5CC5)c4)c3)cc2)cc1OC. The van der Waals surface area contributed by atoms with Crippen LogP contribution in [0.2, 0.25) is 0 Å². The number of carbonyl (C=O) groups excluding carboxylic acids is 2. The molecule has 1 fully saturated rings. The van der Waals surface area contributed by atoms with Gasteiger partial charge in [-0.2, -0.15) is 8.78 Å². The molecule has 302 valence electrons. The predicted octanol–water partition coefficient (Wildman–Crippen LogP) is 8.74. The minimum Gasteiger partial charge on any atom is -0.493 e. The number of alkyl halides is 2. The molecule has 0 atom stereocenters. The summed E-state index contributed by atoms with van der Waals surface area (Å²) in [5.41, 5.74) is 4.43. The van der Waals surface area contributed by atoms with Crippen molar-refractivity contribution in [2.24, 2.45) is 5.92 Å². The third-order valence-electron chi connectivity index (χ3n) is 9.29. The van der Waals surface area contributed by atoms with Crippen molar-refractivity contribution in [2.45, 2.75) is 39.5 Å². The van der Waals surface area contributed by atoms with Crippen LogP contribution in [-0.2, 0) is 17.8 Å². The fourth-order valence-electron chi connectivity index (χ4n) is 6.19. The molecule has 13 nitrogen and oxygen atoms in total. The molecule has 6 aromatic rings. The Kier molecular flexibility index (Phi) is 12.8. The molecule has 1 aliphatic carbocycles. The van der Waals surface area contributed by atoms with E-state index >= 15 is 0 Å². The van der Waals surface area contributed by atoms with Gasteiger partial charge in [-0.25, -0.2) is 29.5 Å². The molecule has 0 bridgehead atoms. The number of carbonyl (C=O) groups is 2. The first-order chi connectivity index (χ1) is 28.8. The van der Waals surface area contributed by atoms with E-state index in [0.717, 1.165) is 35.3 Å². The van der Waals surface area contributed by atoms with Gasteiger partial charge in [0.1, 0.15) is 12.7 Å². The molecule has 0 aliphatic heterocycles. The lowest BCUT2D eigenvalue weighted by Crippen LogP contribution is -2.19. The van der Waals surface area contributed by atoms with E-state index in [0.29, 0.717) is 48.6 Å². The topological polar surface area (TPSA) is 138 Å². The Morgan fingerprint density at radius 1 is 0.661 bits per heavy atom. The number of rotatable bonds is 18. The highest BCUT2D eigenvalue weighted by molar-refractivity contribution is 6.03. The Balaban J connectivity index is 1.12. The molecular formula is C44H40F2N6O7. The van der Waals surface area contributed by atoms with Crippen LogP contribution < -0.4 is 28.7 Å². The van der Waals surface area contributed by atoms with E-state index in [1.807, 2.05) is 34.9 Å². The van der Waals surface area contributed by atoms with E-state index in [2.05, 4.69) is 19.9 Å². The van der Waals surface area contributed by atoms with Gasteiger partial charge in [-0.3, -0.25) is 0 Å². The quantitative estimate of drug-likeness (QED) is 0.0605. The predicted molar refractivity (Wildman–Crippen MR) is 214 cm³/mol. The largest absolute Gasteiger partial charge is 0.493 e. The summed E-state index contributed by atoms with van der Waals surface area (Å²) in [6, 6.07) is 23.4. The molecule has 0 unspecified atom stereocenters. The second-order valence-electron chi connectivity index (χ2n) is 13.5. The van der Waals surface area contributed by atoms with Crippen molar-refractivity contribution in [3.8, 4) is 23.0 Å². The maximum absolute atomic E-state index is 13.5. The molecule has 0 saturated heterocycles. The van der Waals surface area contributed by atoms with Gasteiger partial charge in [0.05, 0.1) is 44.5 Å². The lowest BCUT2D eigenvalue weighted by Gasteiger charge is -2.26. The number of ether oxygens (including phenoxy) is 5. The molecular weight excluding hydrogens is 763 g/mol. The third-order valence-corrected chi connectivity index (χ3v) is 9.29. The van der Waals surface area contributed by atoms with Gasteiger partial charge in [0, 0.05) is 70.8 Å². The zero-order valence-electron chi connectivity index (χ0n) is 32.2. The second kappa shape index (κ2) is 18.9. The van der Waals surface area contributed by atoms with Crippen molar-refractivity contribution in [2.75, 3.05) is 30.1 Å². The molecule has 0 amide bonds. The minimum absolute atomic E-state index is 0.0915. The van der Waals surface area contributed by atoms with Crippen LogP contribution >= 0.6 is 0 Å². The smallest absolute Gasteiger partial charge is 0.387 e. The van der Waals surface area contributed by atoms with Gasteiger partial charge in [-0.05, 0) is 92.4 Å². The number of benzene rings is 4. The summed E-state index contributed by atoms with van der Waals surface area (Å²) in [4.78, 5) is 47.3. The van der Waals surface area contributed by atoms with Crippen LogP contribution in [0.25, 0.3) is 0 Å². The molecule has 0 spiro atoms. The molecule has 0 N–H and O–H groups in total. The number of aromatic nitrogens is 4. The Labute approximate surface area is 339 Å². The normalized spacial score (nSPS) is 12.1. The van der Waals surface area contributed by atoms with Crippen LogP contribution in [0.3, 0.4) is 0 Å². The highest BCUT2D eigenvalue weighted by atomic mass is 19.3. The molecule has 7 rings (SSSR count). The average Bonchev–Trinajstić information content (AvgIpc) is 4.10. The number of nitrogens with zero attached hydrogens (tertiary/aromatic N) is 6. The first-order valence-electron chi connectivity index (χ1n) is 18.8. The summed E-state index contributed by atoms with van der Waals surface area (Å²) in [6.45, 7) is 0.332. The molecule has 15 heteroatoms. The first kappa shape index (κ1) is 40.1. The second-order valence-corrected chi connectivity index (χ2v) is 13.5. The van der Waals surface area contributed by atoms with Gasteiger partial charge in [-0.1, -0.05) is 6.07 Å². The monoisotopic (exact) mass is 802 g/mol. The molecule has 2 heterocycles. The molecule has 4 aromatic carbocycles. The molecule has 0 radical (unpaired) electrons. The van der Waals surface area contributed by atoms with Gasteiger partial charge in [0.25, 0.3) is 0 Å². The minimum atomic E-state index is -3.04. The van der Waals surface area contributed by atoms with Crippen LogP contribution in [0, 0.1) is 5.92 Å². The number of anilines is 4. The average molecular weight is 803 g/mol. The van der Waals surface area contributed by atoms with Gasteiger partial charge in [0.2, 0.25) is 0 Å². The van der Waals surface area contributed by atoms with Crippen molar-refractivity contribution in [1.82, 2.24) is 19.9 Å². The van der Waals surface area contributed by atoms with Crippen LogP contribution in [0.5, 0.6) is 23.0 Å². The lowest BCUT2D eigenvalue weighted by molar-refractivity contribution is -0.0515. The maximum atomic E-state index is 13.5. The van der Waals surface area contributed by atoms with Gasteiger partial charge >= 0.3 is 18.6 Å². The maximum Gasteiger partial charge on any atom is 0.387 e.